The molecular formula is C11H9BrClNO. The van der Waals surface area contributed by atoms with Gasteiger partial charge in [-0.15, -0.1) is 11.6 Å². The molecule has 2 aromatic rings. The predicted octanol–water partition coefficient (Wildman–Crippen LogP) is 3.89. The smallest absolute Gasteiger partial charge is 0.196 e. The van der Waals surface area contributed by atoms with Crippen LogP contribution in [0.1, 0.15) is 5.89 Å². The zero-order chi connectivity index (χ0) is 10.7. The van der Waals surface area contributed by atoms with Gasteiger partial charge in [0.2, 0.25) is 0 Å². The highest BCUT2D eigenvalue weighted by Crippen LogP contribution is 2.23. The highest BCUT2D eigenvalue weighted by atomic mass is 79.9. The van der Waals surface area contributed by atoms with Crippen LogP contribution in [-0.4, -0.2) is 10.9 Å². The Hall–Kier alpha value is -0.800. The van der Waals surface area contributed by atoms with Crippen LogP contribution in [0.5, 0.6) is 0 Å². The molecule has 1 aromatic carbocycles. The van der Waals surface area contributed by atoms with E-state index >= 15 is 0 Å². The fourth-order valence-electron chi connectivity index (χ4n) is 1.28. The molecule has 0 atom stereocenters. The molecule has 1 aromatic heterocycles. The molecule has 0 spiro atoms. The first kappa shape index (κ1) is 10.7. The van der Waals surface area contributed by atoms with Gasteiger partial charge in [-0.05, 0) is 12.1 Å². The third-order valence-corrected chi connectivity index (χ3v) is 2.65. The van der Waals surface area contributed by atoms with Gasteiger partial charge in [0.25, 0.3) is 0 Å². The van der Waals surface area contributed by atoms with Gasteiger partial charge >= 0.3 is 0 Å². The second kappa shape index (κ2) is 4.81. The third kappa shape index (κ3) is 2.61. The lowest BCUT2D eigenvalue weighted by molar-refractivity contribution is 0.514. The maximum absolute atomic E-state index is 5.61. The summed E-state index contributed by atoms with van der Waals surface area (Å²) in [5.41, 5.74) is 1.01. The molecule has 0 bridgehead atoms. The minimum atomic E-state index is 0.526. The van der Waals surface area contributed by atoms with Crippen LogP contribution >= 0.6 is 27.5 Å². The van der Waals surface area contributed by atoms with E-state index in [2.05, 4.69) is 20.9 Å². The average molecular weight is 287 g/mol. The molecule has 4 heteroatoms. The lowest BCUT2D eigenvalue weighted by Crippen LogP contribution is -1.83. The van der Waals surface area contributed by atoms with Gasteiger partial charge in [-0.3, -0.25) is 0 Å². The summed E-state index contributed by atoms with van der Waals surface area (Å²) in [5, 5.41) is 0. The summed E-state index contributed by atoms with van der Waals surface area (Å²) in [6.45, 7) is 0. The van der Waals surface area contributed by atoms with Crippen LogP contribution in [0.3, 0.4) is 0 Å². The van der Waals surface area contributed by atoms with Gasteiger partial charge in [-0.25, -0.2) is 4.98 Å². The second-order valence-electron chi connectivity index (χ2n) is 3.07. The van der Waals surface area contributed by atoms with Crippen molar-refractivity contribution < 1.29 is 4.42 Å². The molecule has 0 aliphatic carbocycles. The summed E-state index contributed by atoms with van der Waals surface area (Å²) in [5.74, 6) is 1.98. The van der Waals surface area contributed by atoms with Crippen LogP contribution in [0, 0.1) is 0 Å². The first-order valence-electron chi connectivity index (χ1n) is 4.56. The zero-order valence-corrected chi connectivity index (χ0v) is 10.3. The van der Waals surface area contributed by atoms with E-state index in [1.807, 2.05) is 24.3 Å². The number of hydrogen-bond acceptors (Lipinski definition) is 2. The van der Waals surface area contributed by atoms with Gasteiger partial charge in [-0.1, -0.05) is 28.1 Å². The summed E-state index contributed by atoms with van der Waals surface area (Å²) < 4.78 is 6.57. The lowest BCUT2D eigenvalue weighted by Gasteiger charge is -1.96. The lowest BCUT2D eigenvalue weighted by atomic mass is 10.2. The van der Waals surface area contributed by atoms with Crippen LogP contribution in [-0.2, 0) is 6.42 Å². The molecule has 0 N–H and O–H groups in total. The average Bonchev–Trinajstić information content (AvgIpc) is 2.67. The first-order chi connectivity index (χ1) is 7.29. The topological polar surface area (TPSA) is 26.0 Å². The Bertz CT molecular complexity index is 455. The largest absolute Gasteiger partial charge is 0.441 e. The molecule has 0 saturated heterocycles. The van der Waals surface area contributed by atoms with Crippen LogP contribution in [0.25, 0.3) is 11.3 Å². The summed E-state index contributed by atoms with van der Waals surface area (Å²) in [7, 11) is 0. The highest BCUT2D eigenvalue weighted by Gasteiger charge is 2.05. The monoisotopic (exact) mass is 285 g/mol. The summed E-state index contributed by atoms with van der Waals surface area (Å²) >= 11 is 9.02. The van der Waals surface area contributed by atoms with E-state index in [-0.39, 0.29) is 0 Å². The van der Waals surface area contributed by atoms with E-state index in [0.717, 1.165) is 15.8 Å². The Morgan fingerprint density at radius 1 is 1.40 bits per heavy atom. The van der Waals surface area contributed by atoms with Gasteiger partial charge in [-0.2, -0.15) is 0 Å². The van der Waals surface area contributed by atoms with Gasteiger partial charge in [0.05, 0.1) is 6.20 Å². The molecule has 0 aliphatic rings. The summed E-state index contributed by atoms with van der Waals surface area (Å²) in [6.07, 6.45) is 2.39. The summed E-state index contributed by atoms with van der Waals surface area (Å²) in [6, 6.07) is 7.91. The van der Waals surface area contributed by atoms with E-state index in [0.29, 0.717) is 18.2 Å². The fourth-order valence-corrected chi connectivity index (χ4v) is 1.84. The molecule has 0 amide bonds. The van der Waals surface area contributed by atoms with Crippen LogP contribution < -0.4 is 0 Å². The number of aryl methyl sites for hydroxylation is 1. The maximum atomic E-state index is 5.61. The van der Waals surface area contributed by atoms with Gasteiger partial charge in [0.1, 0.15) is 0 Å². The Labute approximate surface area is 101 Å². The molecule has 15 heavy (non-hydrogen) atoms. The van der Waals surface area contributed by atoms with Crippen LogP contribution in [0.4, 0.5) is 0 Å². The van der Waals surface area contributed by atoms with Crippen molar-refractivity contribution >= 4 is 27.5 Å². The SMILES string of the molecule is ClCCc1ncc(-c2cccc(Br)c2)o1. The molecular weight excluding hydrogens is 277 g/mol. The molecule has 0 radical (unpaired) electrons. The second-order valence-corrected chi connectivity index (χ2v) is 4.36. The standard InChI is InChI=1S/C11H9BrClNO/c12-9-3-1-2-8(6-9)10-7-14-11(15-10)4-5-13/h1-3,6-7H,4-5H2. The molecule has 0 fully saturated rings. The van der Waals surface area contributed by atoms with Crippen LogP contribution in [0.2, 0.25) is 0 Å². The van der Waals surface area contributed by atoms with E-state index in [9.17, 15) is 0 Å². The number of oxazole rings is 1. The molecule has 78 valence electrons. The number of aromatic nitrogens is 1. The maximum Gasteiger partial charge on any atom is 0.196 e. The minimum absolute atomic E-state index is 0.526. The molecule has 1 heterocycles. The molecule has 2 rings (SSSR count). The summed E-state index contributed by atoms with van der Waals surface area (Å²) in [4.78, 5) is 4.15. The normalized spacial score (nSPS) is 10.5. The number of alkyl halides is 1. The molecule has 0 unspecified atom stereocenters. The zero-order valence-electron chi connectivity index (χ0n) is 7.91. The molecule has 2 nitrogen and oxygen atoms in total. The van der Waals surface area contributed by atoms with Crippen molar-refractivity contribution in [1.29, 1.82) is 0 Å². The van der Waals surface area contributed by atoms with Crippen molar-refractivity contribution in [3.63, 3.8) is 0 Å². The van der Waals surface area contributed by atoms with Gasteiger partial charge < -0.3 is 4.42 Å². The quantitative estimate of drug-likeness (QED) is 0.800. The van der Waals surface area contributed by atoms with Crippen molar-refractivity contribution in [3.05, 3.63) is 40.8 Å². The van der Waals surface area contributed by atoms with E-state index in [4.69, 9.17) is 16.0 Å². The number of hydrogen-bond donors (Lipinski definition) is 0. The van der Waals surface area contributed by atoms with E-state index in [1.54, 1.807) is 6.20 Å². The molecule has 0 saturated carbocycles. The van der Waals surface area contributed by atoms with Crippen molar-refractivity contribution in [2.45, 2.75) is 6.42 Å². The highest BCUT2D eigenvalue weighted by molar-refractivity contribution is 9.10. The van der Waals surface area contributed by atoms with Crippen molar-refractivity contribution in [2.75, 3.05) is 5.88 Å². The Kier molecular flexibility index (Phi) is 3.44. The van der Waals surface area contributed by atoms with Crippen molar-refractivity contribution in [1.82, 2.24) is 4.98 Å². The Morgan fingerprint density at radius 2 is 2.27 bits per heavy atom. The van der Waals surface area contributed by atoms with Crippen molar-refractivity contribution in [3.8, 4) is 11.3 Å². The Morgan fingerprint density at radius 3 is 3.00 bits per heavy atom. The van der Waals surface area contributed by atoms with Gasteiger partial charge in [0, 0.05) is 22.3 Å². The van der Waals surface area contributed by atoms with Crippen LogP contribution in [0.15, 0.2) is 39.4 Å². The Balaban J connectivity index is 2.29. The minimum Gasteiger partial charge on any atom is -0.441 e. The molecule has 0 aliphatic heterocycles. The van der Waals surface area contributed by atoms with E-state index < -0.39 is 0 Å². The fraction of sp³-hybridized carbons (Fsp3) is 0.182. The van der Waals surface area contributed by atoms with Crippen molar-refractivity contribution in [2.24, 2.45) is 0 Å². The third-order valence-electron chi connectivity index (χ3n) is 1.97. The number of nitrogens with zero attached hydrogens (tertiary/aromatic N) is 1. The number of rotatable bonds is 3. The predicted molar refractivity (Wildman–Crippen MR) is 64.1 cm³/mol. The first-order valence-corrected chi connectivity index (χ1v) is 5.89. The number of benzene rings is 1. The number of halogens is 2. The van der Waals surface area contributed by atoms with E-state index in [1.165, 1.54) is 0 Å². The van der Waals surface area contributed by atoms with Gasteiger partial charge in [0.15, 0.2) is 11.7 Å².